The summed E-state index contributed by atoms with van der Waals surface area (Å²) in [6, 6.07) is 1.15. The fourth-order valence-corrected chi connectivity index (χ4v) is 9.55. The zero-order valence-corrected chi connectivity index (χ0v) is 28.7. The highest BCUT2D eigenvalue weighted by Crippen LogP contribution is 2.62. The maximum Gasteiger partial charge on any atom is 0.243 e. The quantitative estimate of drug-likeness (QED) is 0.0688. The van der Waals surface area contributed by atoms with E-state index in [-0.39, 0.29) is 29.5 Å². The fourth-order valence-electron chi connectivity index (χ4n) is 9.55. The molecular weight excluding hydrogens is 610 g/mol. The molecule has 5 aliphatic rings. The second-order valence-electron chi connectivity index (χ2n) is 15.2. The van der Waals surface area contributed by atoms with Crippen LogP contribution in [0.2, 0.25) is 0 Å². The van der Waals surface area contributed by atoms with Gasteiger partial charge in [0, 0.05) is 13.0 Å². The van der Waals surface area contributed by atoms with Gasteiger partial charge in [0.05, 0.1) is 12.1 Å². The van der Waals surface area contributed by atoms with E-state index in [0.29, 0.717) is 32.4 Å². The molecule has 1 aromatic rings. The predicted molar refractivity (Wildman–Crippen MR) is 187 cm³/mol. The van der Waals surface area contributed by atoms with Gasteiger partial charge in [0.25, 0.3) is 0 Å². The molecule has 1 aliphatic heterocycles. The Morgan fingerprint density at radius 1 is 1.02 bits per heavy atom. The van der Waals surface area contributed by atoms with Gasteiger partial charge < -0.3 is 43.5 Å². The molecule has 0 saturated heterocycles. The number of benzene rings is 1. The SMILES string of the molecule is Cc1cc(O)cc(C)c1CC(NC(=O)C(N)CCCN=C(N)N)C(=O)N[C@@H](CCCCN)C1(CC23CC4CC(CC(C4)C2)C3)N=CON1. The van der Waals surface area contributed by atoms with Crippen molar-refractivity contribution < 1.29 is 19.5 Å². The Hall–Kier alpha value is -3.42. The second-order valence-corrected chi connectivity index (χ2v) is 15.2. The van der Waals surface area contributed by atoms with Gasteiger partial charge in [-0.2, -0.15) is 0 Å². The lowest BCUT2D eigenvalue weighted by molar-refractivity contribution is -0.131. The maximum absolute atomic E-state index is 14.4. The number of carbonyl (C=O) groups is 2. The number of hydrogen-bond donors (Lipinski definition) is 8. The molecule has 1 aromatic carbocycles. The van der Waals surface area contributed by atoms with Gasteiger partial charge in [-0.15, -0.1) is 5.48 Å². The van der Waals surface area contributed by atoms with E-state index in [4.69, 9.17) is 32.8 Å². The first-order valence-electron chi connectivity index (χ1n) is 17.8. The van der Waals surface area contributed by atoms with Gasteiger partial charge >= 0.3 is 0 Å². The summed E-state index contributed by atoms with van der Waals surface area (Å²) in [5.41, 5.74) is 28.1. The third-order valence-electron chi connectivity index (χ3n) is 11.2. The number of carbonyl (C=O) groups excluding carboxylic acids is 2. The Morgan fingerprint density at radius 3 is 2.23 bits per heavy atom. The minimum atomic E-state index is -0.928. The van der Waals surface area contributed by atoms with E-state index in [1.165, 1.54) is 44.9 Å². The molecular formula is C35H57N9O4. The first kappa shape index (κ1) is 35.9. The van der Waals surface area contributed by atoms with Crippen LogP contribution in [-0.4, -0.2) is 66.2 Å². The standard InChI is InChI=1S/C35H57N9O4/c1-21-10-26(45)11-22(2)27(21)15-29(42-31(46)28(37)6-5-9-40-33(38)39)32(47)43-30(7-3-4-8-36)35(41-20-48-44-35)19-34-16-23-12-24(17-34)14-25(13-23)18-34/h10-11,20,23-25,28-30,44-45H,3-9,12-19,36-37H2,1-2H3,(H,42,46)(H,43,47)(H4,38,39,40)/t23?,24?,25?,28?,29?,30-,34?,35?/m0/s1. The molecule has 13 nitrogen and oxygen atoms in total. The van der Waals surface area contributed by atoms with Crippen LogP contribution in [0, 0.1) is 37.0 Å². The van der Waals surface area contributed by atoms with Crippen LogP contribution < -0.4 is 39.0 Å². The van der Waals surface area contributed by atoms with E-state index in [9.17, 15) is 14.7 Å². The van der Waals surface area contributed by atoms with Crippen molar-refractivity contribution in [3.8, 4) is 5.75 Å². The number of aryl methyl sites for hydroxylation is 2. The minimum absolute atomic E-state index is 0.0159. The lowest BCUT2D eigenvalue weighted by Gasteiger charge is -2.58. The number of guanidine groups is 1. The number of rotatable bonds is 17. The van der Waals surface area contributed by atoms with Gasteiger partial charge in [0.1, 0.15) is 11.8 Å². The normalized spacial score (nSPS) is 28.8. The summed E-state index contributed by atoms with van der Waals surface area (Å²) in [6.45, 7) is 4.68. The smallest absolute Gasteiger partial charge is 0.243 e. The Morgan fingerprint density at radius 2 is 1.67 bits per heavy atom. The largest absolute Gasteiger partial charge is 0.508 e. The number of nitrogens with zero attached hydrogens (tertiary/aromatic N) is 2. The highest BCUT2D eigenvalue weighted by Gasteiger charge is 2.56. The molecule has 4 saturated carbocycles. The molecule has 0 spiro atoms. The molecule has 1 heterocycles. The molecule has 0 radical (unpaired) electrons. The summed E-state index contributed by atoms with van der Waals surface area (Å²) in [5, 5.41) is 16.5. The molecule has 3 unspecified atom stereocenters. The number of phenolic OH excluding ortho intramolecular Hbond substituents is 1. The molecule has 4 bridgehead atoms. The highest BCUT2D eigenvalue weighted by molar-refractivity contribution is 5.90. The Bertz CT molecular complexity index is 1300. The van der Waals surface area contributed by atoms with Crippen LogP contribution >= 0.6 is 0 Å². The Kier molecular flexibility index (Phi) is 11.5. The summed E-state index contributed by atoms with van der Waals surface area (Å²) in [7, 11) is 0. The molecule has 266 valence electrons. The Labute approximate surface area is 284 Å². The van der Waals surface area contributed by atoms with Crippen molar-refractivity contribution in [2.24, 2.45) is 56.1 Å². The van der Waals surface area contributed by atoms with Gasteiger partial charge in [0.15, 0.2) is 18.0 Å². The zero-order valence-electron chi connectivity index (χ0n) is 28.7. The van der Waals surface area contributed by atoms with Crippen LogP contribution in [-0.2, 0) is 20.8 Å². The van der Waals surface area contributed by atoms with E-state index in [0.717, 1.165) is 53.7 Å². The number of phenols is 1. The van der Waals surface area contributed by atoms with Crippen molar-refractivity contribution in [1.29, 1.82) is 0 Å². The number of unbranched alkanes of at least 4 members (excludes halogenated alkanes) is 1. The lowest BCUT2D eigenvalue weighted by atomic mass is 9.48. The monoisotopic (exact) mass is 667 g/mol. The highest BCUT2D eigenvalue weighted by atomic mass is 16.7. The molecule has 4 fully saturated rings. The van der Waals surface area contributed by atoms with Crippen molar-refractivity contribution in [3.05, 3.63) is 28.8 Å². The number of nitrogens with one attached hydrogen (secondary N) is 3. The summed E-state index contributed by atoms with van der Waals surface area (Å²) in [6.07, 6.45) is 13.2. The molecule has 4 atom stereocenters. The van der Waals surface area contributed by atoms with E-state index < -0.39 is 29.7 Å². The average molecular weight is 668 g/mol. The van der Waals surface area contributed by atoms with Crippen molar-refractivity contribution in [1.82, 2.24) is 16.1 Å². The number of hydroxylamine groups is 1. The number of aliphatic imine (C=N–C) groups is 2. The van der Waals surface area contributed by atoms with E-state index in [1.54, 1.807) is 12.1 Å². The van der Waals surface area contributed by atoms with E-state index in [1.807, 2.05) is 13.8 Å². The van der Waals surface area contributed by atoms with Gasteiger partial charge in [-0.1, -0.05) is 6.42 Å². The summed E-state index contributed by atoms with van der Waals surface area (Å²) in [5.74, 6) is 1.68. The molecule has 4 aliphatic carbocycles. The number of nitrogens with two attached hydrogens (primary N) is 4. The molecule has 12 N–H and O–H groups in total. The van der Waals surface area contributed by atoms with Crippen LogP contribution in [0.4, 0.5) is 0 Å². The van der Waals surface area contributed by atoms with Crippen LogP contribution in [0.15, 0.2) is 22.1 Å². The van der Waals surface area contributed by atoms with Crippen LogP contribution in [0.25, 0.3) is 0 Å². The zero-order chi connectivity index (χ0) is 34.5. The van der Waals surface area contributed by atoms with Gasteiger partial charge in [-0.3, -0.25) is 14.6 Å². The summed E-state index contributed by atoms with van der Waals surface area (Å²) >= 11 is 0. The van der Waals surface area contributed by atoms with Crippen LogP contribution in [0.1, 0.15) is 93.7 Å². The van der Waals surface area contributed by atoms with Crippen LogP contribution in [0.3, 0.4) is 0 Å². The summed E-state index contributed by atoms with van der Waals surface area (Å²) < 4.78 is 0. The van der Waals surface area contributed by atoms with Gasteiger partial charge in [0.2, 0.25) is 11.8 Å². The predicted octanol–water partition coefficient (Wildman–Crippen LogP) is 1.90. The third-order valence-corrected chi connectivity index (χ3v) is 11.2. The number of aromatic hydroxyl groups is 1. The third kappa shape index (κ3) is 8.59. The minimum Gasteiger partial charge on any atom is -0.508 e. The molecule has 0 aromatic heterocycles. The lowest BCUT2D eigenvalue weighted by Crippen LogP contribution is -2.63. The molecule has 48 heavy (non-hydrogen) atoms. The van der Waals surface area contributed by atoms with Crippen molar-refractivity contribution in [3.63, 3.8) is 0 Å². The van der Waals surface area contributed by atoms with E-state index >= 15 is 0 Å². The van der Waals surface area contributed by atoms with Crippen molar-refractivity contribution in [2.45, 2.75) is 121 Å². The van der Waals surface area contributed by atoms with Crippen molar-refractivity contribution in [2.75, 3.05) is 13.1 Å². The molecule has 6 rings (SSSR count). The average Bonchev–Trinajstić information content (AvgIpc) is 3.47. The van der Waals surface area contributed by atoms with Crippen molar-refractivity contribution >= 4 is 24.2 Å². The summed E-state index contributed by atoms with van der Waals surface area (Å²) in [4.78, 5) is 42.4. The van der Waals surface area contributed by atoms with E-state index in [2.05, 4.69) is 21.1 Å². The fraction of sp³-hybridized carbons (Fsp3) is 0.714. The topological polar surface area (TPSA) is 228 Å². The molecule has 2 amide bonds. The number of amides is 2. The first-order chi connectivity index (χ1) is 22.9. The molecule has 13 heteroatoms. The second kappa shape index (κ2) is 15.4. The van der Waals surface area contributed by atoms with Crippen LogP contribution in [0.5, 0.6) is 5.75 Å². The number of hydrogen-bond acceptors (Lipinski definition) is 9. The Balaban J connectivity index is 1.38. The van der Waals surface area contributed by atoms with Gasteiger partial charge in [-0.25, -0.2) is 4.99 Å². The van der Waals surface area contributed by atoms with Gasteiger partial charge in [-0.05, 0) is 143 Å². The maximum atomic E-state index is 14.4. The first-order valence-corrected chi connectivity index (χ1v) is 17.8.